The highest BCUT2D eigenvalue weighted by Crippen LogP contribution is 2.21. The molecule has 1 aromatic rings. The van der Waals surface area contributed by atoms with Gasteiger partial charge in [-0.05, 0) is 31.9 Å². The first-order chi connectivity index (χ1) is 9.35. The molecule has 0 aliphatic heterocycles. The minimum absolute atomic E-state index is 0.0331. The normalized spacial score (nSPS) is 11.8. The summed E-state index contributed by atoms with van der Waals surface area (Å²) in [5.74, 6) is -1.17. The maximum atomic E-state index is 11.8. The zero-order valence-corrected chi connectivity index (χ0v) is 11.9. The minimum atomic E-state index is -1.17. The maximum absolute atomic E-state index is 11.8. The summed E-state index contributed by atoms with van der Waals surface area (Å²) in [6.45, 7) is 5.40. The topological polar surface area (TPSA) is 98.7 Å². The lowest BCUT2D eigenvalue weighted by Crippen LogP contribution is -2.43. The van der Waals surface area contributed by atoms with Gasteiger partial charge >= 0.3 is 12.0 Å². The number of nitrogens with one attached hydrogen (secondary N) is 2. The van der Waals surface area contributed by atoms with Crippen LogP contribution in [0.5, 0.6) is 0 Å². The zero-order valence-electron chi connectivity index (χ0n) is 11.9. The van der Waals surface area contributed by atoms with Crippen LogP contribution < -0.4 is 10.6 Å². The number of benzene rings is 1. The van der Waals surface area contributed by atoms with Crippen molar-refractivity contribution in [1.82, 2.24) is 5.32 Å². The fraction of sp³-hybridized carbons (Fsp3) is 0.429. The molecule has 0 aromatic heterocycles. The monoisotopic (exact) mass is 280 g/mol. The van der Waals surface area contributed by atoms with E-state index < -0.39 is 18.0 Å². The molecule has 110 valence electrons. The standard InChI is InChI=1S/C14H20N2O4/c1-8-6-9(2)12(10(3)7-8)16-14(20)15-11(4-5-17)13(18)19/h6-7,11,17H,4-5H2,1-3H3,(H,18,19)(H2,15,16,20). The highest BCUT2D eigenvalue weighted by molar-refractivity contribution is 5.93. The Hall–Kier alpha value is -2.08. The fourth-order valence-corrected chi connectivity index (χ4v) is 2.07. The van der Waals surface area contributed by atoms with Crippen LogP contribution in [0.1, 0.15) is 23.1 Å². The third-order valence-electron chi connectivity index (χ3n) is 2.94. The number of carbonyl (C=O) groups is 2. The number of urea groups is 1. The molecule has 0 fully saturated rings. The first kappa shape index (κ1) is 16.0. The number of rotatable bonds is 5. The molecule has 0 saturated carbocycles. The number of aliphatic hydroxyl groups is 1. The molecule has 4 N–H and O–H groups in total. The lowest BCUT2D eigenvalue weighted by molar-refractivity contribution is -0.139. The van der Waals surface area contributed by atoms with Gasteiger partial charge in [-0.15, -0.1) is 0 Å². The summed E-state index contributed by atoms with van der Waals surface area (Å²) in [4.78, 5) is 22.7. The molecule has 6 nitrogen and oxygen atoms in total. The number of carboxylic acid groups (broad SMARTS) is 1. The summed E-state index contributed by atoms with van der Waals surface area (Å²) in [6, 6.07) is 2.17. The Labute approximate surface area is 117 Å². The second kappa shape index (κ2) is 6.91. The molecule has 0 saturated heterocycles. The van der Waals surface area contributed by atoms with E-state index in [4.69, 9.17) is 10.2 Å². The van der Waals surface area contributed by atoms with Crippen LogP contribution >= 0.6 is 0 Å². The van der Waals surface area contributed by atoms with Crippen molar-refractivity contribution < 1.29 is 19.8 Å². The van der Waals surface area contributed by atoms with Crippen molar-refractivity contribution in [2.75, 3.05) is 11.9 Å². The predicted molar refractivity (Wildman–Crippen MR) is 75.9 cm³/mol. The number of aliphatic hydroxyl groups excluding tert-OH is 1. The molecule has 1 rings (SSSR count). The van der Waals surface area contributed by atoms with Crippen molar-refractivity contribution in [2.24, 2.45) is 0 Å². The van der Waals surface area contributed by atoms with Crippen molar-refractivity contribution in [3.8, 4) is 0 Å². The SMILES string of the molecule is Cc1cc(C)c(NC(=O)NC(CCO)C(=O)O)c(C)c1. The van der Waals surface area contributed by atoms with Gasteiger partial charge in [-0.1, -0.05) is 17.7 Å². The van der Waals surface area contributed by atoms with Gasteiger partial charge in [-0.2, -0.15) is 0 Å². The number of carboxylic acids is 1. The van der Waals surface area contributed by atoms with Crippen LogP contribution in [0.3, 0.4) is 0 Å². The summed E-state index contributed by atoms with van der Waals surface area (Å²) in [7, 11) is 0. The van der Waals surface area contributed by atoms with E-state index in [1.165, 1.54) is 0 Å². The Morgan fingerprint density at radius 2 is 1.75 bits per heavy atom. The summed E-state index contributed by atoms with van der Waals surface area (Å²) < 4.78 is 0. The number of hydrogen-bond donors (Lipinski definition) is 4. The number of anilines is 1. The predicted octanol–water partition coefficient (Wildman–Crippen LogP) is 1.57. The van der Waals surface area contributed by atoms with Gasteiger partial charge < -0.3 is 20.8 Å². The Kier molecular flexibility index (Phi) is 5.52. The number of aryl methyl sites for hydroxylation is 3. The molecule has 0 radical (unpaired) electrons. The second-order valence-corrected chi connectivity index (χ2v) is 4.78. The first-order valence-corrected chi connectivity index (χ1v) is 6.34. The Balaban J connectivity index is 2.78. The number of amides is 2. The van der Waals surface area contributed by atoms with Crippen LogP contribution in [0.4, 0.5) is 10.5 Å². The Morgan fingerprint density at radius 1 is 1.20 bits per heavy atom. The van der Waals surface area contributed by atoms with Crippen molar-refractivity contribution >= 4 is 17.7 Å². The van der Waals surface area contributed by atoms with Crippen molar-refractivity contribution in [2.45, 2.75) is 33.2 Å². The molecule has 6 heteroatoms. The van der Waals surface area contributed by atoms with E-state index in [1.54, 1.807) is 0 Å². The maximum Gasteiger partial charge on any atom is 0.326 e. The summed E-state index contributed by atoms with van der Waals surface area (Å²) >= 11 is 0. The van der Waals surface area contributed by atoms with E-state index in [-0.39, 0.29) is 13.0 Å². The van der Waals surface area contributed by atoms with Gasteiger partial charge in [0.25, 0.3) is 0 Å². The smallest absolute Gasteiger partial charge is 0.326 e. The number of aliphatic carboxylic acids is 1. The van der Waals surface area contributed by atoms with E-state index in [9.17, 15) is 9.59 Å². The van der Waals surface area contributed by atoms with E-state index in [0.717, 1.165) is 16.7 Å². The van der Waals surface area contributed by atoms with Crippen LogP contribution in [0.2, 0.25) is 0 Å². The van der Waals surface area contributed by atoms with Crippen LogP contribution in [0.25, 0.3) is 0 Å². The van der Waals surface area contributed by atoms with Gasteiger partial charge in [0.05, 0.1) is 0 Å². The summed E-state index contributed by atoms with van der Waals surface area (Å²) in [5.41, 5.74) is 3.58. The van der Waals surface area contributed by atoms with E-state index in [1.807, 2.05) is 32.9 Å². The zero-order chi connectivity index (χ0) is 15.3. The molecule has 20 heavy (non-hydrogen) atoms. The van der Waals surface area contributed by atoms with Gasteiger partial charge in [-0.3, -0.25) is 0 Å². The quantitative estimate of drug-likeness (QED) is 0.658. The lowest BCUT2D eigenvalue weighted by Gasteiger charge is -2.16. The molecule has 1 aromatic carbocycles. The Morgan fingerprint density at radius 3 is 2.20 bits per heavy atom. The average molecular weight is 280 g/mol. The van der Waals surface area contributed by atoms with Crippen LogP contribution in [-0.2, 0) is 4.79 Å². The highest BCUT2D eigenvalue weighted by atomic mass is 16.4. The van der Waals surface area contributed by atoms with Gasteiger partial charge in [0.2, 0.25) is 0 Å². The molecule has 0 spiro atoms. The van der Waals surface area contributed by atoms with Gasteiger partial charge in [0.15, 0.2) is 0 Å². The number of hydrogen-bond acceptors (Lipinski definition) is 3. The van der Waals surface area contributed by atoms with Gasteiger partial charge in [-0.25, -0.2) is 9.59 Å². The van der Waals surface area contributed by atoms with Crippen LogP contribution in [-0.4, -0.2) is 34.9 Å². The highest BCUT2D eigenvalue weighted by Gasteiger charge is 2.19. The molecule has 1 atom stereocenters. The van der Waals surface area contributed by atoms with Crippen molar-refractivity contribution in [1.29, 1.82) is 0 Å². The average Bonchev–Trinajstić information content (AvgIpc) is 2.33. The minimum Gasteiger partial charge on any atom is -0.480 e. The summed E-state index contributed by atoms with van der Waals surface area (Å²) in [5, 5.41) is 22.7. The van der Waals surface area contributed by atoms with Crippen molar-refractivity contribution in [3.05, 3.63) is 28.8 Å². The lowest BCUT2D eigenvalue weighted by atomic mass is 10.1. The van der Waals surface area contributed by atoms with E-state index in [2.05, 4.69) is 10.6 Å². The molecule has 2 amide bonds. The molecule has 0 heterocycles. The van der Waals surface area contributed by atoms with E-state index in [0.29, 0.717) is 5.69 Å². The number of carbonyl (C=O) groups excluding carboxylic acids is 1. The first-order valence-electron chi connectivity index (χ1n) is 6.34. The van der Waals surface area contributed by atoms with Crippen molar-refractivity contribution in [3.63, 3.8) is 0 Å². The molecule has 0 aliphatic rings. The third-order valence-corrected chi connectivity index (χ3v) is 2.94. The van der Waals surface area contributed by atoms with Gasteiger partial charge in [0, 0.05) is 18.7 Å². The van der Waals surface area contributed by atoms with Crippen LogP contribution in [0, 0.1) is 20.8 Å². The molecule has 0 bridgehead atoms. The van der Waals surface area contributed by atoms with Crippen LogP contribution in [0.15, 0.2) is 12.1 Å². The fourth-order valence-electron chi connectivity index (χ4n) is 2.07. The summed E-state index contributed by atoms with van der Waals surface area (Å²) in [6.07, 6.45) is -0.0331. The Bertz CT molecular complexity index is 491. The second-order valence-electron chi connectivity index (χ2n) is 4.78. The molecule has 1 unspecified atom stereocenters. The van der Waals surface area contributed by atoms with E-state index >= 15 is 0 Å². The molecular formula is C14H20N2O4. The molecule has 0 aliphatic carbocycles. The third kappa shape index (κ3) is 4.24. The largest absolute Gasteiger partial charge is 0.480 e. The van der Waals surface area contributed by atoms with Gasteiger partial charge in [0.1, 0.15) is 6.04 Å². The molecular weight excluding hydrogens is 260 g/mol.